The van der Waals surface area contributed by atoms with E-state index in [1.54, 1.807) is 23.1 Å². The molecule has 1 fully saturated rings. The van der Waals surface area contributed by atoms with Gasteiger partial charge in [0.1, 0.15) is 0 Å². The van der Waals surface area contributed by atoms with E-state index in [0.717, 1.165) is 48.9 Å². The number of ether oxygens (including phenoxy) is 1. The molecule has 1 aliphatic rings. The molecule has 3 rings (SSSR count). The highest BCUT2D eigenvalue weighted by atomic mass is 16.5. The van der Waals surface area contributed by atoms with Crippen LogP contribution in [0.25, 0.3) is 0 Å². The van der Waals surface area contributed by atoms with E-state index in [-0.39, 0.29) is 17.5 Å². The second-order valence-electron chi connectivity index (χ2n) is 8.08. The van der Waals surface area contributed by atoms with Crippen LogP contribution < -0.4 is 4.90 Å². The number of aliphatic hydroxyl groups excluding tert-OH is 1. The van der Waals surface area contributed by atoms with Gasteiger partial charge in [0.15, 0.2) is 0 Å². The quantitative estimate of drug-likeness (QED) is 0.509. The summed E-state index contributed by atoms with van der Waals surface area (Å²) < 4.78 is 5.83. The Bertz CT molecular complexity index is 880. The minimum Gasteiger partial charge on any atom is -0.478 e. The molecule has 2 aromatic carbocycles. The van der Waals surface area contributed by atoms with Gasteiger partial charge in [-0.15, -0.1) is 0 Å². The third-order valence-corrected chi connectivity index (χ3v) is 5.72. The lowest BCUT2D eigenvalue weighted by atomic mass is 10.0. The Morgan fingerprint density at radius 1 is 1.19 bits per heavy atom. The van der Waals surface area contributed by atoms with Crippen molar-refractivity contribution < 1.29 is 24.5 Å². The number of hydrogen-bond acceptors (Lipinski definition) is 4. The van der Waals surface area contributed by atoms with E-state index in [2.05, 4.69) is 6.92 Å². The fourth-order valence-electron chi connectivity index (χ4n) is 3.97. The molecular formula is C25H31NO5. The number of aromatic carboxylic acids is 1. The first-order valence-electron chi connectivity index (χ1n) is 11.0. The molecule has 1 heterocycles. The highest BCUT2D eigenvalue weighted by molar-refractivity contribution is 5.96. The Labute approximate surface area is 183 Å². The molecule has 1 aliphatic heterocycles. The molecule has 0 bridgehead atoms. The molecule has 166 valence electrons. The van der Waals surface area contributed by atoms with Crippen molar-refractivity contribution in [3.05, 3.63) is 65.2 Å². The van der Waals surface area contributed by atoms with Crippen LogP contribution in [-0.2, 0) is 16.1 Å². The maximum absolute atomic E-state index is 12.5. The monoisotopic (exact) mass is 425 g/mol. The summed E-state index contributed by atoms with van der Waals surface area (Å²) in [5, 5.41) is 19.5. The minimum absolute atomic E-state index is 0.0597. The van der Waals surface area contributed by atoms with Crippen LogP contribution in [0.2, 0.25) is 0 Å². The second-order valence-corrected chi connectivity index (χ2v) is 8.08. The van der Waals surface area contributed by atoms with Crippen molar-refractivity contribution in [3.8, 4) is 0 Å². The summed E-state index contributed by atoms with van der Waals surface area (Å²) in [7, 11) is 0. The molecular weight excluding hydrogens is 394 g/mol. The van der Waals surface area contributed by atoms with Gasteiger partial charge in [0.05, 0.1) is 30.9 Å². The predicted octanol–water partition coefficient (Wildman–Crippen LogP) is 4.71. The van der Waals surface area contributed by atoms with Crippen LogP contribution in [-0.4, -0.2) is 34.7 Å². The molecule has 0 aliphatic carbocycles. The number of aliphatic hydroxyl groups is 1. The van der Waals surface area contributed by atoms with Gasteiger partial charge in [-0.3, -0.25) is 4.79 Å². The van der Waals surface area contributed by atoms with Gasteiger partial charge in [0.25, 0.3) is 0 Å². The van der Waals surface area contributed by atoms with E-state index in [1.165, 1.54) is 0 Å². The maximum Gasteiger partial charge on any atom is 0.335 e. The fraction of sp³-hybridized carbons (Fsp3) is 0.440. The first kappa shape index (κ1) is 23.0. The van der Waals surface area contributed by atoms with Crippen molar-refractivity contribution in [2.75, 3.05) is 11.5 Å². The number of carboxylic acids is 1. The van der Waals surface area contributed by atoms with Crippen LogP contribution in [0, 0.1) is 0 Å². The number of amides is 1. The number of nitrogens with zero attached hydrogens (tertiary/aromatic N) is 1. The Kier molecular flexibility index (Phi) is 8.20. The molecule has 1 amide bonds. The molecule has 2 atom stereocenters. The standard InChI is InChI=1S/C25H31NO5/c1-2-3-4-8-23(27)19-9-11-21(12-10-19)26-22(13-14-24(26)28)17-31-16-18-6-5-7-20(15-18)25(29)30/h5-7,9-12,15,22-23,27H,2-4,8,13-14,16-17H2,1H3,(H,29,30)/t22-,23-/m1/s1. The summed E-state index contributed by atoms with van der Waals surface area (Å²) in [5.41, 5.74) is 2.71. The van der Waals surface area contributed by atoms with Crippen molar-refractivity contribution in [2.24, 2.45) is 0 Å². The molecule has 6 nitrogen and oxygen atoms in total. The van der Waals surface area contributed by atoms with Crippen LogP contribution in [0.1, 0.15) is 73.0 Å². The van der Waals surface area contributed by atoms with Crippen LogP contribution in [0.3, 0.4) is 0 Å². The molecule has 0 radical (unpaired) electrons. The fourth-order valence-corrected chi connectivity index (χ4v) is 3.97. The number of benzene rings is 2. The Morgan fingerprint density at radius 3 is 2.68 bits per heavy atom. The number of carbonyl (C=O) groups is 2. The van der Waals surface area contributed by atoms with Gasteiger partial charge in [-0.1, -0.05) is 50.5 Å². The summed E-state index contributed by atoms with van der Waals surface area (Å²) in [6.45, 7) is 2.81. The van der Waals surface area contributed by atoms with E-state index in [4.69, 9.17) is 9.84 Å². The summed E-state index contributed by atoms with van der Waals surface area (Å²) >= 11 is 0. The summed E-state index contributed by atoms with van der Waals surface area (Å²) in [6, 6.07) is 14.2. The van der Waals surface area contributed by atoms with Gasteiger partial charge < -0.3 is 19.8 Å². The van der Waals surface area contributed by atoms with E-state index < -0.39 is 12.1 Å². The molecule has 31 heavy (non-hydrogen) atoms. The predicted molar refractivity (Wildman–Crippen MR) is 119 cm³/mol. The molecule has 6 heteroatoms. The topological polar surface area (TPSA) is 87.1 Å². The molecule has 0 aromatic heterocycles. The first-order valence-corrected chi connectivity index (χ1v) is 11.0. The smallest absolute Gasteiger partial charge is 0.335 e. The highest BCUT2D eigenvalue weighted by Crippen LogP contribution is 2.29. The van der Waals surface area contributed by atoms with Crippen molar-refractivity contribution in [3.63, 3.8) is 0 Å². The van der Waals surface area contributed by atoms with E-state index in [0.29, 0.717) is 19.6 Å². The highest BCUT2D eigenvalue weighted by Gasteiger charge is 2.32. The summed E-state index contributed by atoms with van der Waals surface area (Å²) in [5.74, 6) is -0.897. The third-order valence-electron chi connectivity index (χ3n) is 5.72. The lowest BCUT2D eigenvalue weighted by molar-refractivity contribution is -0.117. The number of carboxylic acid groups (broad SMARTS) is 1. The lowest BCUT2D eigenvalue weighted by Crippen LogP contribution is -2.36. The maximum atomic E-state index is 12.5. The van der Waals surface area contributed by atoms with Crippen LogP contribution in [0.15, 0.2) is 48.5 Å². The van der Waals surface area contributed by atoms with Crippen molar-refractivity contribution in [2.45, 2.75) is 64.2 Å². The Morgan fingerprint density at radius 2 is 1.97 bits per heavy atom. The lowest BCUT2D eigenvalue weighted by Gasteiger charge is -2.25. The van der Waals surface area contributed by atoms with Crippen molar-refractivity contribution >= 4 is 17.6 Å². The molecule has 0 saturated carbocycles. The molecule has 0 spiro atoms. The molecule has 2 aromatic rings. The van der Waals surface area contributed by atoms with Crippen LogP contribution in [0.4, 0.5) is 5.69 Å². The van der Waals surface area contributed by atoms with Gasteiger partial charge in [-0.2, -0.15) is 0 Å². The van der Waals surface area contributed by atoms with Crippen molar-refractivity contribution in [1.82, 2.24) is 0 Å². The van der Waals surface area contributed by atoms with E-state index >= 15 is 0 Å². The second kappa shape index (κ2) is 11.1. The molecule has 0 unspecified atom stereocenters. The zero-order valence-electron chi connectivity index (χ0n) is 18.0. The van der Waals surface area contributed by atoms with Gasteiger partial charge in [-0.25, -0.2) is 4.79 Å². The number of anilines is 1. The number of unbranched alkanes of at least 4 members (excludes halogenated alkanes) is 2. The number of rotatable bonds is 11. The minimum atomic E-state index is -0.964. The summed E-state index contributed by atoms with van der Waals surface area (Å²) in [6.07, 6.45) is 4.69. The third kappa shape index (κ3) is 6.15. The number of carbonyl (C=O) groups excluding carboxylic acids is 1. The SMILES string of the molecule is CCCCC[C@@H](O)c1ccc(N2C(=O)CC[C@@H]2COCc2cccc(C(=O)O)c2)cc1. The summed E-state index contributed by atoms with van der Waals surface area (Å²) in [4.78, 5) is 25.4. The van der Waals surface area contributed by atoms with E-state index in [1.807, 2.05) is 30.3 Å². The zero-order chi connectivity index (χ0) is 22.2. The van der Waals surface area contributed by atoms with Gasteiger partial charge in [-0.05, 0) is 48.2 Å². The molecule has 2 N–H and O–H groups in total. The largest absolute Gasteiger partial charge is 0.478 e. The Hall–Kier alpha value is -2.70. The van der Waals surface area contributed by atoms with Gasteiger partial charge >= 0.3 is 5.97 Å². The normalized spacial score (nSPS) is 17.2. The zero-order valence-corrected chi connectivity index (χ0v) is 18.0. The average Bonchev–Trinajstić information content (AvgIpc) is 3.14. The van der Waals surface area contributed by atoms with Crippen molar-refractivity contribution in [1.29, 1.82) is 0 Å². The van der Waals surface area contributed by atoms with Gasteiger partial charge in [0, 0.05) is 12.1 Å². The number of hydrogen-bond donors (Lipinski definition) is 2. The van der Waals surface area contributed by atoms with E-state index in [9.17, 15) is 14.7 Å². The average molecular weight is 426 g/mol. The van der Waals surface area contributed by atoms with Crippen LogP contribution >= 0.6 is 0 Å². The molecule has 1 saturated heterocycles. The first-order chi connectivity index (χ1) is 15.0. The van der Waals surface area contributed by atoms with Gasteiger partial charge in [0.2, 0.25) is 5.91 Å². The Balaban J connectivity index is 1.58. The van der Waals surface area contributed by atoms with Crippen LogP contribution in [0.5, 0.6) is 0 Å².